The van der Waals surface area contributed by atoms with Gasteiger partial charge in [-0.2, -0.15) is 0 Å². The number of benzene rings is 1. The van der Waals surface area contributed by atoms with Gasteiger partial charge in [-0.1, -0.05) is 23.2 Å². The van der Waals surface area contributed by atoms with Gasteiger partial charge in [-0.05, 0) is 42.5 Å². The topological polar surface area (TPSA) is 46.2 Å². The number of hydrogen-bond acceptors (Lipinski definition) is 2. The van der Waals surface area contributed by atoms with Crippen LogP contribution in [0.25, 0.3) is 0 Å². The first-order valence-electron chi connectivity index (χ1n) is 5.01. The highest BCUT2D eigenvalue weighted by molar-refractivity contribution is 6.35. The van der Waals surface area contributed by atoms with Gasteiger partial charge in [-0.15, -0.1) is 0 Å². The molecule has 0 fully saturated rings. The highest BCUT2D eigenvalue weighted by Crippen LogP contribution is 2.34. The second kappa shape index (κ2) is 4.30. The van der Waals surface area contributed by atoms with Crippen molar-refractivity contribution in [3.05, 3.63) is 33.3 Å². The quantitative estimate of drug-likeness (QED) is 0.691. The number of aliphatic hydroxyl groups is 1. The van der Waals surface area contributed by atoms with Crippen LogP contribution < -0.4 is 5.73 Å². The molecule has 0 unspecified atom stereocenters. The van der Waals surface area contributed by atoms with Gasteiger partial charge >= 0.3 is 0 Å². The third-order valence-corrected chi connectivity index (χ3v) is 3.45. The van der Waals surface area contributed by atoms with E-state index in [1.54, 1.807) is 6.07 Å². The van der Waals surface area contributed by atoms with Crippen LogP contribution in [-0.4, -0.2) is 11.2 Å². The van der Waals surface area contributed by atoms with Crippen LogP contribution in [-0.2, 0) is 6.42 Å². The zero-order chi connectivity index (χ0) is 11.0. The molecule has 1 aromatic rings. The van der Waals surface area contributed by atoms with Crippen molar-refractivity contribution in [3.63, 3.8) is 0 Å². The summed E-state index contributed by atoms with van der Waals surface area (Å²) in [6.45, 7) is 0. The molecular formula is C11H13Cl2NO. The fraction of sp³-hybridized carbons (Fsp3) is 0.455. The van der Waals surface area contributed by atoms with Crippen LogP contribution in [0.4, 0.5) is 0 Å². The normalized spacial score (nSPS) is 25.9. The highest BCUT2D eigenvalue weighted by atomic mass is 35.5. The molecule has 0 amide bonds. The van der Waals surface area contributed by atoms with E-state index in [1.165, 1.54) is 0 Å². The van der Waals surface area contributed by atoms with Crippen molar-refractivity contribution in [3.8, 4) is 0 Å². The summed E-state index contributed by atoms with van der Waals surface area (Å²) in [5.41, 5.74) is 7.88. The first-order valence-corrected chi connectivity index (χ1v) is 5.76. The van der Waals surface area contributed by atoms with E-state index in [0.29, 0.717) is 16.5 Å². The lowest BCUT2D eigenvalue weighted by Gasteiger charge is -2.18. The Labute approximate surface area is 99.0 Å². The standard InChI is InChI=1S/C11H13Cl2NO/c12-6-4-8-7(9(13)5-6)2-1-3-10(15)11(8)14/h4-5,10-11,15H,1-3,14H2/t10-,11+/m0/s1. The maximum Gasteiger partial charge on any atom is 0.0733 e. The number of fused-ring (bicyclic) bond motifs is 1. The molecular weight excluding hydrogens is 233 g/mol. The zero-order valence-electron chi connectivity index (χ0n) is 8.21. The number of aliphatic hydroxyl groups excluding tert-OH is 1. The molecule has 3 N–H and O–H groups in total. The van der Waals surface area contributed by atoms with E-state index in [0.717, 1.165) is 24.0 Å². The molecule has 1 aliphatic carbocycles. The Bertz CT molecular complexity index is 381. The summed E-state index contributed by atoms with van der Waals surface area (Å²) in [4.78, 5) is 0. The molecule has 4 heteroatoms. The lowest BCUT2D eigenvalue weighted by Crippen LogP contribution is -2.25. The summed E-state index contributed by atoms with van der Waals surface area (Å²) in [5, 5.41) is 11.0. The van der Waals surface area contributed by atoms with E-state index in [2.05, 4.69) is 0 Å². The van der Waals surface area contributed by atoms with Crippen molar-refractivity contribution in [1.82, 2.24) is 0 Å². The molecule has 0 spiro atoms. The van der Waals surface area contributed by atoms with E-state index < -0.39 is 6.10 Å². The van der Waals surface area contributed by atoms with Crippen LogP contribution in [0.1, 0.15) is 30.0 Å². The lowest BCUT2D eigenvalue weighted by atomic mass is 9.98. The molecule has 1 aliphatic rings. The number of nitrogens with two attached hydrogens (primary N) is 1. The van der Waals surface area contributed by atoms with Crippen LogP contribution in [0, 0.1) is 0 Å². The van der Waals surface area contributed by atoms with E-state index in [1.807, 2.05) is 6.07 Å². The fourth-order valence-electron chi connectivity index (χ4n) is 2.06. The molecule has 15 heavy (non-hydrogen) atoms. The number of hydrogen-bond donors (Lipinski definition) is 2. The van der Waals surface area contributed by atoms with Crippen molar-refractivity contribution >= 4 is 23.2 Å². The van der Waals surface area contributed by atoms with Crippen LogP contribution in [0.5, 0.6) is 0 Å². The zero-order valence-corrected chi connectivity index (χ0v) is 9.72. The predicted molar refractivity (Wildman–Crippen MR) is 62.3 cm³/mol. The predicted octanol–water partition coefficient (Wildman–Crippen LogP) is 2.69. The second-order valence-electron chi connectivity index (χ2n) is 3.94. The lowest BCUT2D eigenvalue weighted by molar-refractivity contribution is 0.136. The monoisotopic (exact) mass is 245 g/mol. The van der Waals surface area contributed by atoms with Gasteiger partial charge in [-0.25, -0.2) is 0 Å². The van der Waals surface area contributed by atoms with Crippen molar-refractivity contribution in [2.45, 2.75) is 31.4 Å². The average molecular weight is 246 g/mol. The van der Waals surface area contributed by atoms with Crippen molar-refractivity contribution in [2.75, 3.05) is 0 Å². The van der Waals surface area contributed by atoms with Crippen molar-refractivity contribution < 1.29 is 5.11 Å². The van der Waals surface area contributed by atoms with Gasteiger partial charge in [-0.3, -0.25) is 0 Å². The SMILES string of the molecule is N[C@@H]1c2cc(Cl)cc(Cl)c2CCC[C@@H]1O. The summed E-state index contributed by atoms with van der Waals surface area (Å²) in [7, 11) is 0. The molecule has 0 aromatic heterocycles. The first-order chi connectivity index (χ1) is 7.09. The number of rotatable bonds is 0. The van der Waals surface area contributed by atoms with Gasteiger partial charge in [0, 0.05) is 10.0 Å². The minimum atomic E-state index is -0.499. The summed E-state index contributed by atoms with van der Waals surface area (Å²) in [5.74, 6) is 0. The third-order valence-electron chi connectivity index (χ3n) is 2.90. The Kier molecular flexibility index (Phi) is 3.21. The van der Waals surface area contributed by atoms with Crippen molar-refractivity contribution in [1.29, 1.82) is 0 Å². The molecule has 1 aromatic carbocycles. The van der Waals surface area contributed by atoms with Crippen LogP contribution >= 0.6 is 23.2 Å². The van der Waals surface area contributed by atoms with E-state index in [4.69, 9.17) is 28.9 Å². The van der Waals surface area contributed by atoms with E-state index in [9.17, 15) is 5.11 Å². The van der Waals surface area contributed by atoms with Gasteiger partial charge in [0.2, 0.25) is 0 Å². The van der Waals surface area contributed by atoms with Gasteiger partial charge in [0.1, 0.15) is 0 Å². The van der Waals surface area contributed by atoms with Crippen LogP contribution in [0.2, 0.25) is 10.0 Å². The molecule has 0 saturated carbocycles. The Morgan fingerprint density at radius 3 is 2.80 bits per heavy atom. The largest absolute Gasteiger partial charge is 0.391 e. The maximum absolute atomic E-state index is 9.78. The summed E-state index contributed by atoms with van der Waals surface area (Å²) in [6, 6.07) is 3.16. The summed E-state index contributed by atoms with van der Waals surface area (Å²) >= 11 is 12.0. The van der Waals surface area contributed by atoms with Gasteiger partial charge in [0.15, 0.2) is 0 Å². The van der Waals surface area contributed by atoms with Crippen LogP contribution in [0.15, 0.2) is 12.1 Å². The molecule has 82 valence electrons. The summed E-state index contributed by atoms with van der Waals surface area (Å²) < 4.78 is 0. The highest BCUT2D eigenvalue weighted by Gasteiger charge is 2.24. The molecule has 0 saturated heterocycles. The van der Waals surface area contributed by atoms with E-state index in [-0.39, 0.29) is 6.04 Å². The minimum Gasteiger partial charge on any atom is -0.391 e. The summed E-state index contributed by atoms with van der Waals surface area (Å²) in [6.07, 6.45) is 1.98. The Hall–Kier alpha value is -0.280. The maximum atomic E-state index is 9.78. The van der Waals surface area contributed by atoms with Gasteiger partial charge in [0.25, 0.3) is 0 Å². The minimum absolute atomic E-state index is 0.376. The van der Waals surface area contributed by atoms with Gasteiger partial charge in [0.05, 0.1) is 12.1 Å². The fourth-order valence-corrected chi connectivity index (χ4v) is 2.66. The Balaban J connectivity index is 2.53. The molecule has 0 heterocycles. The smallest absolute Gasteiger partial charge is 0.0733 e. The molecule has 0 bridgehead atoms. The third kappa shape index (κ3) is 2.13. The molecule has 2 atom stereocenters. The molecule has 2 rings (SSSR count). The molecule has 2 nitrogen and oxygen atoms in total. The Morgan fingerprint density at radius 1 is 1.33 bits per heavy atom. The number of halogens is 2. The van der Waals surface area contributed by atoms with Crippen LogP contribution in [0.3, 0.4) is 0 Å². The van der Waals surface area contributed by atoms with Gasteiger partial charge < -0.3 is 10.8 Å². The van der Waals surface area contributed by atoms with E-state index >= 15 is 0 Å². The average Bonchev–Trinajstić information content (AvgIpc) is 2.30. The molecule has 0 radical (unpaired) electrons. The first kappa shape index (κ1) is 11.2. The second-order valence-corrected chi connectivity index (χ2v) is 4.78. The molecule has 0 aliphatic heterocycles. The van der Waals surface area contributed by atoms with Crippen molar-refractivity contribution in [2.24, 2.45) is 5.73 Å². The Morgan fingerprint density at radius 2 is 2.07 bits per heavy atom.